The standard InChI is InChI=1S/C16H20O/c1-3-5-12-7-8-13-11-14(17)9-10-16(13)15(12)6-4-2/h7-11,17H,3-6H2,1-2H3. The fraction of sp³-hybridized carbons (Fsp3) is 0.375. The Morgan fingerprint density at radius 2 is 1.71 bits per heavy atom. The number of aryl methyl sites for hydroxylation is 2. The van der Waals surface area contributed by atoms with Crippen molar-refractivity contribution in [3.05, 3.63) is 41.5 Å². The van der Waals surface area contributed by atoms with Gasteiger partial charge in [0.25, 0.3) is 0 Å². The summed E-state index contributed by atoms with van der Waals surface area (Å²) in [4.78, 5) is 0. The molecule has 0 unspecified atom stereocenters. The molecular weight excluding hydrogens is 208 g/mol. The third-order valence-electron chi connectivity index (χ3n) is 3.23. The lowest BCUT2D eigenvalue weighted by Gasteiger charge is -2.12. The van der Waals surface area contributed by atoms with Gasteiger partial charge >= 0.3 is 0 Å². The number of aromatic hydroxyl groups is 1. The zero-order valence-electron chi connectivity index (χ0n) is 10.7. The highest BCUT2D eigenvalue weighted by Crippen LogP contribution is 2.27. The second-order valence-electron chi connectivity index (χ2n) is 4.61. The number of rotatable bonds is 4. The number of hydrogen-bond acceptors (Lipinski definition) is 1. The molecule has 2 aromatic rings. The summed E-state index contributed by atoms with van der Waals surface area (Å²) in [5.74, 6) is 0.350. The molecule has 0 spiro atoms. The molecule has 0 radical (unpaired) electrons. The van der Waals surface area contributed by atoms with E-state index < -0.39 is 0 Å². The molecule has 17 heavy (non-hydrogen) atoms. The lowest BCUT2D eigenvalue weighted by molar-refractivity contribution is 0.476. The predicted octanol–water partition coefficient (Wildman–Crippen LogP) is 4.45. The Morgan fingerprint density at radius 1 is 0.941 bits per heavy atom. The van der Waals surface area contributed by atoms with Crippen molar-refractivity contribution in [2.75, 3.05) is 0 Å². The Labute approximate surface area is 103 Å². The first-order valence-electron chi connectivity index (χ1n) is 6.49. The van der Waals surface area contributed by atoms with Gasteiger partial charge in [0.05, 0.1) is 0 Å². The van der Waals surface area contributed by atoms with Crippen LogP contribution in [0.15, 0.2) is 30.3 Å². The Kier molecular flexibility index (Phi) is 3.68. The van der Waals surface area contributed by atoms with Crippen LogP contribution in [0.25, 0.3) is 10.8 Å². The maximum Gasteiger partial charge on any atom is 0.116 e. The maximum atomic E-state index is 9.52. The maximum absolute atomic E-state index is 9.52. The van der Waals surface area contributed by atoms with E-state index in [2.05, 4.69) is 32.0 Å². The summed E-state index contributed by atoms with van der Waals surface area (Å²) in [5, 5.41) is 12.0. The van der Waals surface area contributed by atoms with Gasteiger partial charge in [-0.05, 0) is 46.9 Å². The highest BCUT2D eigenvalue weighted by atomic mass is 16.3. The van der Waals surface area contributed by atoms with Gasteiger partial charge in [-0.15, -0.1) is 0 Å². The van der Waals surface area contributed by atoms with Crippen molar-refractivity contribution in [2.45, 2.75) is 39.5 Å². The van der Waals surface area contributed by atoms with Gasteiger partial charge in [0.15, 0.2) is 0 Å². The summed E-state index contributed by atoms with van der Waals surface area (Å²) in [6, 6.07) is 10.0. The number of benzene rings is 2. The van der Waals surface area contributed by atoms with Crippen molar-refractivity contribution in [2.24, 2.45) is 0 Å². The smallest absolute Gasteiger partial charge is 0.116 e. The molecule has 0 aliphatic carbocycles. The molecule has 0 aliphatic heterocycles. The molecule has 0 heterocycles. The SMILES string of the molecule is CCCc1ccc2cc(O)ccc2c1CCC. The van der Waals surface area contributed by atoms with Crippen LogP contribution in [-0.2, 0) is 12.8 Å². The van der Waals surface area contributed by atoms with Crippen LogP contribution in [0.3, 0.4) is 0 Å². The van der Waals surface area contributed by atoms with Gasteiger partial charge in [-0.25, -0.2) is 0 Å². The number of hydrogen-bond donors (Lipinski definition) is 1. The van der Waals surface area contributed by atoms with Gasteiger partial charge in [0, 0.05) is 0 Å². The van der Waals surface area contributed by atoms with Crippen molar-refractivity contribution in [3.8, 4) is 5.75 Å². The topological polar surface area (TPSA) is 20.2 Å². The van der Waals surface area contributed by atoms with Gasteiger partial charge in [0.2, 0.25) is 0 Å². The lowest BCUT2D eigenvalue weighted by atomic mass is 9.93. The van der Waals surface area contributed by atoms with Gasteiger partial charge in [0.1, 0.15) is 5.75 Å². The molecule has 1 heteroatoms. The van der Waals surface area contributed by atoms with E-state index in [1.165, 1.54) is 22.9 Å². The third kappa shape index (κ3) is 2.44. The first-order chi connectivity index (χ1) is 8.26. The van der Waals surface area contributed by atoms with Crippen molar-refractivity contribution in [1.29, 1.82) is 0 Å². The van der Waals surface area contributed by atoms with Crippen molar-refractivity contribution in [3.63, 3.8) is 0 Å². The molecule has 0 saturated carbocycles. The van der Waals surface area contributed by atoms with Crippen LogP contribution in [0.5, 0.6) is 5.75 Å². The first-order valence-corrected chi connectivity index (χ1v) is 6.49. The predicted molar refractivity (Wildman–Crippen MR) is 73.6 cm³/mol. The molecule has 0 amide bonds. The highest BCUT2D eigenvalue weighted by molar-refractivity contribution is 5.88. The Morgan fingerprint density at radius 3 is 2.41 bits per heavy atom. The number of phenols is 1. The number of fused-ring (bicyclic) bond motifs is 1. The number of phenolic OH excluding ortho intramolecular Hbond substituents is 1. The molecule has 1 nitrogen and oxygen atoms in total. The van der Waals surface area contributed by atoms with Gasteiger partial charge in [-0.1, -0.05) is 44.9 Å². The van der Waals surface area contributed by atoms with E-state index in [1.807, 2.05) is 6.07 Å². The second kappa shape index (κ2) is 5.22. The van der Waals surface area contributed by atoms with E-state index in [0.29, 0.717) is 5.75 Å². The summed E-state index contributed by atoms with van der Waals surface area (Å²) in [6.07, 6.45) is 4.61. The summed E-state index contributed by atoms with van der Waals surface area (Å²) in [6.45, 7) is 4.44. The minimum absolute atomic E-state index is 0.350. The molecule has 0 aromatic heterocycles. The van der Waals surface area contributed by atoms with Crippen LogP contribution in [0.2, 0.25) is 0 Å². The monoisotopic (exact) mass is 228 g/mol. The van der Waals surface area contributed by atoms with Crippen LogP contribution in [0, 0.1) is 0 Å². The van der Waals surface area contributed by atoms with E-state index >= 15 is 0 Å². The lowest BCUT2D eigenvalue weighted by Crippen LogP contribution is -1.95. The molecule has 2 aromatic carbocycles. The Balaban J connectivity index is 2.61. The Bertz CT molecular complexity index is 514. The van der Waals surface area contributed by atoms with Crippen LogP contribution >= 0.6 is 0 Å². The molecule has 0 aliphatic rings. The minimum Gasteiger partial charge on any atom is -0.508 e. The van der Waals surface area contributed by atoms with E-state index in [4.69, 9.17) is 0 Å². The molecule has 2 rings (SSSR count). The third-order valence-corrected chi connectivity index (χ3v) is 3.23. The summed E-state index contributed by atoms with van der Waals surface area (Å²) < 4.78 is 0. The van der Waals surface area contributed by atoms with Crippen LogP contribution in [0.1, 0.15) is 37.8 Å². The summed E-state index contributed by atoms with van der Waals surface area (Å²) >= 11 is 0. The molecule has 1 N–H and O–H groups in total. The molecular formula is C16H20O. The first kappa shape index (κ1) is 12.0. The van der Waals surface area contributed by atoms with Crippen molar-refractivity contribution >= 4 is 10.8 Å². The largest absolute Gasteiger partial charge is 0.508 e. The van der Waals surface area contributed by atoms with Gasteiger partial charge < -0.3 is 5.11 Å². The molecule has 0 bridgehead atoms. The normalized spacial score (nSPS) is 10.9. The molecule has 0 saturated heterocycles. The minimum atomic E-state index is 0.350. The zero-order chi connectivity index (χ0) is 12.3. The van der Waals surface area contributed by atoms with E-state index in [1.54, 1.807) is 6.07 Å². The fourth-order valence-corrected chi connectivity index (χ4v) is 2.48. The Hall–Kier alpha value is -1.50. The average Bonchev–Trinajstić information content (AvgIpc) is 2.32. The van der Waals surface area contributed by atoms with E-state index in [0.717, 1.165) is 24.6 Å². The zero-order valence-corrected chi connectivity index (χ0v) is 10.7. The summed E-state index contributed by atoms with van der Waals surface area (Å²) in [5.41, 5.74) is 2.93. The van der Waals surface area contributed by atoms with Crippen molar-refractivity contribution < 1.29 is 5.11 Å². The molecule has 0 atom stereocenters. The van der Waals surface area contributed by atoms with Crippen LogP contribution < -0.4 is 0 Å². The molecule has 0 fully saturated rings. The van der Waals surface area contributed by atoms with Crippen molar-refractivity contribution in [1.82, 2.24) is 0 Å². The second-order valence-corrected chi connectivity index (χ2v) is 4.61. The van der Waals surface area contributed by atoms with Gasteiger partial charge in [-0.3, -0.25) is 0 Å². The average molecular weight is 228 g/mol. The molecule has 90 valence electrons. The quantitative estimate of drug-likeness (QED) is 0.819. The van der Waals surface area contributed by atoms with E-state index in [9.17, 15) is 5.11 Å². The summed E-state index contributed by atoms with van der Waals surface area (Å²) in [7, 11) is 0. The van der Waals surface area contributed by atoms with Crippen LogP contribution in [0.4, 0.5) is 0 Å². The van der Waals surface area contributed by atoms with Gasteiger partial charge in [-0.2, -0.15) is 0 Å². The fourth-order valence-electron chi connectivity index (χ4n) is 2.48. The van der Waals surface area contributed by atoms with Crippen LogP contribution in [-0.4, -0.2) is 5.11 Å². The van der Waals surface area contributed by atoms with E-state index in [-0.39, 0.29) is 0 Å². The highest BCUT2D eigenvalue weighted by Gasteiger charge is 2.06.